The number of ether oxygens (including phenoxy) is 2. The zero-order valence-corrected chi connectivity index (χ0v) is 15.9. The van der Waals surface area contributed by atoms with Gasteiger partial charge in [-0.2, -0.15) is 0 Å². The first-order valence-corrected chi connectivity index (χ1v) is 8.66. The van der Waals surface area contributed by atoms with Gasteiger partial charge in [-0.25, -0.2) is 4.98 Å². The first-order valence-electron chi connectivity index (χ1n) is 8.66. The summed E-state index contributed by atoms with van der Waals surface area (Å²) in [4.78, 5) is 29.2. The number of aryl methyl sites for hydroxylation is 1. The molecule has 0 aliphatic rings. The van der Waals surface area contributed by atoms with Gasteiger partial charge in [0.25, 0.3) is 5.56 Å². The van der Waals surface area contributed by atoms with Crippen LogP contribution in [0.25, 0.3) is 11.3 Å². The summed E-state index contributed by atoms with van der Waals surface area (Å²) in [6.07, 6.45) is 1.36. The molecular weight excluding hydrogens is 358 g/mol. The number of rotatable bonds is 6. The molecule has 28 heavy (non-hydrogen) atoms. The molecule has 1 N–H and O–H groups in total. The van der Waals surface area contributed by atoms with Gasteiger partial charge in [-0.15, -0.1) is 0 Å². The normalized spacial score (nSPS) is 10.4. The fourth-order valence-corrected chi connectivity index (χ4v) is 2.81. The summed E-state index contributed by atoms with van der Waals surface area (Å²) in [6.45, 7) is 1.76. The van der Waals surface area contributed by atoms with Crippen LogP contribution in [-0.2, 0) is 11.3 Å². The fraction of sp³-hybridized carbons (Fsp3) is 0.190. The van der Waals surface area contributed by atoms with Gasteiger partial charge in [0, 0.05) is 11.6 Å². The van der Waals surface area contributed by atoms with E-state index in [2.05, 4.69) is 10.3 Å². The molecule has 1 aromatic heterocycles. The summed E-state index contributed by atoms with van der Waals surface area (Å²) >= 11 is 0. The van der Waals surface area contributed by atoms with Crippen molar-refractivity contribution in [2.45, 2.75) is 13.5 Å². The third-order valence-corrected chi connectivity index (χ3v) is 4.21. The van der Waals surface area contributed by atoms with Gasteiger partial charge in [-0.1, -0.05) is 18.2 Å². The van der Waals surface area contributed by atoms with E-state index < -0.39 is 0 Å². The number of methoxy groups -OCH3 is 2. The third kappa shape index (κ3) is 4.20. The molecule has 0 bridgehead atoms. The van der Waals surface area contributed by atoms with Crippen molar-refractivity contribution >= 4 is 11.6 Å². The minimum absolute atomic E-state index is 0.158. The molecule has 0 fully saturated rings. The maximum Gasteiger partial charge on any atom is 0.254 e. The second-order valence-corrected chi connectivity index (χ2v) is 6.19. The van der Waals surface area contributed by atoms with Crippen LogP contribution in [0.15, 0.2) is 59.7 Å². The van der Waals surface area contributed by atoms with Gasteiger partial charge in [-0.3, -0.25) is 14.2 Å². The topological polar surface area (TPSA) is 82.4 Å². The number of hydrogen-bond donors (Lipinski definition) is 1. The monoisotopic (exact) mass is 379 g/mol. The van der Waals surface area contributed by atoms with E-state index in [9.17, 15) is 9.59 Å². The van der Waals surface area contributed by atoms with Crippen molar-refractivity contribution in [2.24, 2.45) is 0 Å². The van der Waals surface area contributed by atoms with Crippen LogP contribution in [-0.4, -0.2) is 29.7 Å². The van der Waals surface area contributed by atoms with Crippen molar-refractivity contribution in [2.75, 3.05) is 19.5 Å². The molecule has 2 aromatic carbocycles. The number of carbonyl (C=O) groups excluding carboxylic acids is 1. The molecule has 0 unspecified atom stereocenters. The van der Waals surface area contributed by atoms with Gasteiger partial charge >= 0.3 is 0 Å². The molecule has 0 atom stereocenters. The highest BCUT2D eigenvalue weighted by Gasteiger charge is 2.12. The van der Waals surface area contributed by atoms with Crippen LogP contribution < -0.4 is 20.3 Å². The van der Waals surface area contributed by atoms with Gasteiger partial charge in [0.2, 0.25) is 5.91 Å². The Labute approximate surface area is 162 Å². The van der Waals surface area contributed by atoms with Gasteiger partial charge in [-0.05, 0) is 36.8 Å². The Morgan fingerprint density at radius 1 is 1.07 bits per heavy atom. The fourth-order valence-electron chi connectivity index (χ4n) is 2.81. The van der Waals surface area contributed by atoms with Crippen molar-refractivity contribution in [3.63, 3.8) is 0 Å². The Morgan fingerprint density at radius 2 is 1.82 bits per heavy atom. The lowest BCUT2D eigenvalue weighted by Crippen LogP contribution is -2.27. The predicted molar refractivity (Wildman–Crippen MR) is 107 cm³/mol. The van der Waals surface area contributed by atoms with Gasteiger partial charge in [0.05, 0.1) is 31.9 Å². The standard InChI is InChI=1S/C21H21N3O4/c1-14-8-9-19(28-3)17(10-14)23-20(25)12-24-13-22-16(11-21(24)26)15-6-4-5-7-18(15)27-2/h4-11,13H,12H2,1-3H3,(H,23,25). The van der Waals surface area contributed by atoms with Gasteiger partial charge in [0.15, 0.2) is 0 Å². The highest BCUT2D eigenvalue weighted by molar-refractivity contribution is 5.92. The summed E-state index contributed by atoms with van der Waals surface area (Å²) in [5.74, 6) is 0.824. The summed E-state index contributed by atoms with van der Waals surface area (Å²) in [6, 6.07) is 14.2. The lowest BCUT2D eigenvalue weighted by molar-refractivity contribution is -0.116. The number of aromatic nitrogens is 2. The molecule has 0 aliphatic carbocycles. The van der Waals surface area contributed by atoms with E-state index in [1.54, 1.807) is 19.2 Å². The number of nitrogens with one attached hydrogen (secondary N) is 1. The summed E-state index contributed by atoms with van der Waals surface area (Å²) in [7, 11) is 3.09. The molecule has 3 rings (SSSR count). The largest absolute Gasteiger partial charge is 0.496 e. The van der Waals surface area contributed by atoms with Crippen molar-refractivity contribution in [1.82, 2.24) is 9.55 Å². The van der Waals surface area contributed by atoms with E-state index in [0.717, 1.165) is 5.56 Å². The minimum Gasteiger partial charge on any atom is -0.496 e. The quantitative estimate of drug-likeness (QED) is 0.712. The number of hydrogen-bond acceptors (Lipinski definition) is 5. The lowest BCUT2D eigenvalue weighted by atomic mass is 10.1. The minimum atomic E-state index is -0.349. The summed E-state index contributed by atoms with van der Waals surface area (Å²) in [5.41, 5.74) is 2.40. The molecule has 1 heterocycles. The number of anilines is 1. The molecule has 0 saturated heterocycles. The van der Waals surface area contributed by atoms with Crippen LogP contribution in [0.1, 0.15) is 5.56 Å². The van der Waals surface area contributed by atoms with Crippen LogP contribution in [0.5, 0.6) is 11.5 Å². The van der Waals surface area contributed by atoms with E-state index in [4.69, 9.17) is 9.47 Å². The first-order chi connectivity index (χ1) is 13.5. The third-order valence-electron chi connectivity index (χ3n) is 4.21. The molecule has 0 spiro atoms. The SMILES string of the molecule is COc1ccc(C)cc1NC(=O)Cn1cnc(-c2ccccc2OC)cc1=O. The van der Waals surface area contributed by atoms with Crippen molar-refractivity contribution in [3.05, 3.63) is 70.8 Å². The number of carbonyl (C=O) groups is 1. The molecule has 7 heteroatoms. The zero-order valence-electron chi connectivity index (χ0n) is 15.9. The Balaban J connectivity index is 1.79. The highest BCUT2D eigenvalue weighted by Crippen LogP contribution is 2.27. The molecule has 7 nitrogen and oxygen atoms in total. The average molecular weight is 379 g/mol. The van der Waals surface area contributed by atoms with Crippen LogP contribution in [0.4, 0.5) is 5.69 Å². The Kier molecular flexibility index (Phi) is 5.74. The van der Waals surface area contributed by atoms with Gasteiger partial charge < -0.3 is 14.8 Å². The van der Waals surface area contributed by atoms with E-state index >= 15 is 0 Å². The Bertz CT molecular complexity index is 1060. The second-order valence-electron chi connectivity index (χ2n) is 6.19. The Morgan fingerprint density at radius 3 is 2.54 bits per heavy atom. The smallest absolute Gasteiger partial charge is 0.254 e. The van der Waals surface area contributed by atoms with Gasteiger partial charge in [0.1, 0.15) is 18.0 Å². The van der Waals surface area contributed by atoms with Crippen LogP contribution in [0.3, 0.4) is 0 Å². The van der Waals surface area contributed by atoms with Crippen molar-refractivity contribution in [1.29, 1.82) is 0 Å². The van der Waals surface area contributed by atoms with E-state index in [0.29, 0.717) is 28.4 Å². The molecule has 0 aliphatic heterocycles. The molecule has 0 saturated carbocycles. The van der Waals surface area contributed by atoms with Crippen molar-refractivity contribution in [3.8, 4) is 22.8 Å². The maximum absolute atomic E-state index is 12.5. The average Bonchev–Trinajstić information content (AvgIpc) is 2.69. The van der Waals surface area contributed by atoms with E-state index in [1.807, 2.05) is 37.3 Å². The molecule has 144 valence electrons. The van der Waals surface area contributed by atoms with E-state index in [-0.39, 0.29) is 18.0 Å². The summed E-state index contributed by atoms with van der Waals surface area (Å²) in [5, 5.41) is 2.77. The van der Waals surface area contributed by atoms with Crippen LogP contribution in [0, 0.1) is 6.92 Å². The highest BCUT2D eigenvalue weighted by atomic mass is 16.5. The predicted octanol–water partition coefficient (Wildman–Crippen LogP) is 2.87. The molecule has 3 aromatic rings. The molecule has 0 radical (unpaired) electrons. The Hall–Kier alpha value is -3.61. The molecule has 1 amide bonds. The second kappa shape index (κ2) is 8.39. The number of amides is 1. The van der Waals surface area contributed by atoms with E-state index in [1.165, 1.54) is 24.1 Å². The van der Waals surface area contributed by atoms with Crippen molar-refractivity contribution < 1.29 is 14.3 Å². The summed E-state index contributed by atoms with van der Waals surface area (Å²) < 4.78 is 11.8. The number of benzene rings is 2. The first kappa shape index (κ1) is 19.2. The zero-order chi connectivity index (χ0) is 20.1. The lowest BCUT2D eigenvalue weighted by Gasteiger charge is -2.12. The number of para-hydroxylation sites is 1. The molecular formula is C21H21N3O4. The number of nitrogens with zero attached hydrogens (tertiary/aromatic N) is 2. The maximum atomic E-state index is 12.5. The van der Waals surface area contributed by atoms with Crippen LogP contribution in [0.2, 0.25) is 0 Å². The van der Waals surface area contributed by atoms with Crippen LogP contribution >= 0.6 is 0 Å².